The summed E-state index contributed by atoms with van der Waals surface area (Å²) in [4.78, 5) is 0. The first-order valence-corrected chi connectivity index (χ1v) is 8.26. The minimum absolute atomic E-state index is 0.963. The molecule has 0 unspecified atom stereocenters. The van der Waals surface area contributed by atoms with Crippen LogP contribution in [-0.2, 0) is 0 Å². The van der Waals surface area contributed by atoms with Gasteiger partial charge in [0.2, 0.25) is 0 Å². The molecule has 6 rings (SSSR count). The Labute approximate surface area is 138 Å². The van der Waals surface area contributed by atoms with Crippen molar-refractivity contribution in [3.63, 3.8) is 0 Å². The Bertz CT molecular complexity index is 1420. The molecule has 0 bridgehead atoms. The molecule has 0 heterocycles. The lowest BCUT2D eigenvalue weighted by Gasteiger charge is -2.06. The lowest BCUT2D eigenvalue weighted by molar-refractivity contribution is 0.420. The fraction of sp³-hybridized carbons (Fsp3) is 0.0435. The summed E-state index contributed by atoms with van der Waals surface area (Å²) in [7, 11) is 1.77. The van der Waals surface area contributed by atoms with Crippen molar-refractivity contribution in [2.24, 2.45) is 0 Å². The molecule has 1 heteroatoms. The van der Waals surface area contributed by atoms with Crippen LogP contribution in [0, 0.1) is 10.4 Å². The zero-order chi connectivity index (χ0) is 15.8. The third kappa shape index (κ3) is 1.25. The Morgan fingerprint density at radius 3 is 1.79 bits per heavy atom. The van der Waals surface area contributed by atoms with E-state index < -0.39 is 0 Å². The van der Waals surface area contributed by atoms with Crippen LogP contribution in [0.5, 0.6) is 5.75 Å². The third-order valence-electron chi connectivity index (χ3n) is 5.44. The molecule has 2 aliphatic rings. The van der Waals surface area contributed by atoms with E-state index in [1.165, 1.54) is 53.5 Å². The van der Waals surface area contributed by atoms with Crippen molar-refractivity contribution in [2.45, 2.75) is 0 Å². The van der Waals surface area contributed by atoms with Gasteiger partial charge in [0.15, 0.2) is 0 Å². The number of hydrogen-bond donors (Lipinski definition) is 0. The first-order chi connectivity index (χ1) is 11.9. The zero-order valence-electron chi connectivity index (χ0n) is 13.3. The normalized spacial score (nSPS) is 12.4. The molecule has 0 spiro atoms. The number of methoxy groups -OCH3 is 1. The topological polar surface area (TPSA) is 9.23 Å². The maximum Gasteiger partial charge on any atom is 0.127 e. The smallest absolute Gasteiger partial charge is 0.127 e. The number of ether oxygens (including phenoxy) is 1. The van der Waals surface area contributed by atoms with Crippen LogP contribution in [0.25, 0.3) is 43.1 Å². The van der Waals surface area contributed by atoms with Gasteiger partial charge in [-0.05, 0) is 43.6 Å². The predicted octanol–water partition coefficient (Wildman–Crippen LogP) is 5.91. The van der Waals surface area contributed by atoms with Crippen molar-refractivity contribution >= 4 is 43.1 Å². The Balaban J connectivity index is 2.13. The summed E-state index contributed by atoms with van der Waals surface area (Å²) in [5, 5.41) is 13.3. The van der Waals surface area contributed by atoms with Crippen LogP contribution < -0.4 is 4.74 Å². The molecule has 112 valence electrons. The molecule has 0 atom stereocenters. The van der Waals surface area contributed by atoms with E-state index in [1.54, 1.807) is 7.11 Å². The lowest BCUT2D eigenvalue weighted by Crippen LogP contribution is -1.84. The van der Waals surface area contributed by atoms with Gasteiger partial charge in [0.05, 0.1) is 7.11 Å². The van der Waals surface area contributed by atoms with E-state index in [4.69, 9.17) is 4.74 Å². The standard InChI is InChI=1S/C23H14O/c1-24-18-12-11-14-7-4-10-17-20(14)23(18)22-16-9-3-6-13-5-2-8-15(19(13)16)21(17)22/h2-12H,1H3. The van der Waals surface area contributed by atoms with E-state index in [1.807, 2.05) is 0 Å². The van der Waals surface area contributed by atoms with Gasteiger partial charge in [0.1, 0.15) is 5.75 Å². The molecular formula is C23H14O. The summed E-state index contributed by atoms with van der Waals surface area (Å²) < 4.78 is 5.75. The first kappa shape index (κ1) is 12.4. The molecule has 0 saturated heterocycles. The number of fused-ring (bicyclic) bond motifs is 4. The van der Waals surface area contributed by atoms with Crippen molar-refractivity contribution in [1.82, 2.24) is 0 Å². The van der Waals surface area contributed by atoms with Gasteiger partial charge in [-0.15, -0.1) is 0 Å². The quantitative estimate of drug-likeness (QED) is 0.367. The van der Waals surface area contributed by atoms with Crippen molar-refractivity contribution in [3.05, 3.63) is 77.2 Å². The molecular weight excluding hydrogens is 292 g/mol. The molecule has 24 heavy (non-hydrogen) atoms. The highest BCUT2D eigenvalue weighted by Gasteiger charge is 2.19. The summed E-state index contributed by atoms with van der Waals surface area (Å²) >= 11 is 0. The summed E-state index contributed by atoms with van der Waals surface area (Å²) in [6.45, 7) is 0. The molecule has 0 aromatic heterocycles. The highest BCUT2D eigenvalue weighted by atomic mass is 16.5. The Morgan fingerprint density at radius 1 is 0.542 bits per heavy atom. The second-order valence-electron chi connectivity index (χ2n) is 6.51. The SMILES string of the molecule is COc1ccc2cccc3c4c5cccc6cccc(c=4c1c23)c65. The van der Waals surface area contributed by atoms with E-state index in [-0.39, 0.29) is 0 Å². The molecule has 1 nitrogen and oxygen atoms in total. The van der Waals surface area contributed by atoms with Crippen LogP contribution in [0.3, 0.4) is 0 Å². The Morgan fingerprint density at radius 2 is 1.12 bits per heavy atom. The van der Waals surface area contributed by atoms with E-state index >= 15 is 0 Å². The molecule has 0 fully saturated rings. The van der Waals surface area contributed by atoms with Gasteiger partial charge in [-0.3, -0.25) is 0 Å². The summed E-state index contributed by atoms with van der Waals surface area (Å²) in [6.07, 6.45) is 0. The van der Waals surface area contributed by atoms with E-state index in [9.17, 15) is 0 Å². The van der Waals surface area contributed by atoms with E-state index in [2.05, 4.69) is 66.7 Å². The molecule has 0 amide bonds. The van der Waals surface area contributed by atoms with Crippen LogP contribution in [0.1, 0.15) is 0 Å². The molecule has 0 N–H and O–H groups in total. The molecule has 0 saturated carbocycles. The second kappa shape index (κ2) is 4.07. The lowest BCUT2D eigenvalue weighted by atomic mass is 10.0. The van der Waals surface area contributed by atoms with Crippen LogP contribution >= 0.6 is 0 Å². The van der Waals surface area contributed by atoms with Crippen molar-refractivity contribution < 1.29 is 4.74 Å². The van der Waals surface area contributed by atoms with Gasteiger partial charge >= 0.3 is 0 Å². The Hall–Kier alpha value is -3.06. The minimum Gasteiger partial charge on any atom is -0.496 e. The number of rotatable bonds is 1. The van der Waals surface area contributed by atoms with Crippen molar-refractivity contribution in [3.8, 4) is 5.75 Å². The molecule has 4 aromatic carbocycles. The monoisotopic (exact) mass is 306 g/mol. The van der Waals surface area contributed by atoms with Gasteiger partial charge in [-0.25, -0.2) is 0 Å². The Kier molecular flexibility index (Phi) is 2.10. The highest BCUT2D eigenvalue weighted by molar-refractivity contribution is 6.23. The molecule has 4 aromatic rings. The number of benzene rings is 4. The van der Waals surface area contributed by atoms with Crippen LogP contribution in [0.4, 0.5) is 0 Å². The van der Waals surface area contributed by atoms with Crippen LogP contribution in [0.15, 0.2) is 66.7 Å². The van der Waals surface area contributed by atoms with Gasteiger partial charge in [-0.2, -0.15) is 0 Å². The zero-order valence-corrected chi connectivity index (χ0v) is 13.3. The summed E-state index contributed by atoms with van der Waals surface area (Å²) in [5.41, 5.74) is 0. The highest BCUT2D eigenvalue weighted by Crippen LogP contribution is 2.43. The van der Waals surface area contributed by atoms with Gasteiger partial charge in [-0.1, -0.05) is 60.7 Å². The molecule has 0 radical (unpaired) electrons. The fourth-order valence-electron chi connectivity index (χ4n) is 4.55. The number of hydrogen-bond acceptors (Lipinski definition) is 1. The average molecular weight is 306 g/mol. The van der Waals surface area contributed by atoms with E-state index in [0.717, 1.165) is 5.75 Å². The van der Waals surface area contributed by atoms with Gasteiger partial charge in [0.25, 0.3) is 0 Å². The molecule has 0 aliphatic heterocycles. The van der Waals surface area contributed by atoms with Gasteiger partial charge in [0, 0.05) is 16.0 Å². The third-order valence-corrected chi connectivity index (χ3v) is 5.44. The molecule has 2 aliphatic carbocycles. The summed E-state index contributed by atoms with van der Waals surface area (Å²) in [5.74, 6) is 0.963. The fourth-order valence-corrected chi connectivity index (χ4v) is 4.55. The van der Waals surface area contributed by atoms with Crippen molar-refractivity contribution in [1.29, 1.82) is 0 Å². The minimum atomic E-state index is 0.963. The summed E-state index contributed by atoms with van der Waals surface area (Å²) in [6, 6.07) is 24.1. The van der Waals surface area contributed by atoms with Crippen molar-refractivity contribution in [2.75, 3.05) is 7.11 Å². The van der Waals surface area contributed by atoms with Crippen LogP contribution in [-0.4, -0.2) is 7.11 Å². The average Bonchev–Trinajstić information content (AvgIpc) is 3.14. The first-order valence-electron chi connectivity index (χ1n) is 8.26. The largest absolute Gasteiger partial charge is 0.496 e. The van der Waals surface area contributed by atoms with Crippen LogP contribution in [0.2, 0.25) is 0 Å². The maximum absolute atomic E-state index is 5.75. The predicted molar refractivity (Wildman–Crippen MR) is 101 cm³/mol. The maximum atomic E-state index is 5.75. The van der Waals surface area contributed by atoms with E-state index in [0.29, 0.717) is 0 Å². The second-order valence-corrected chi connectivity index (χ2v) is 6.51. The van der Waals surface area contributed by atoms with Gasteiger partial charge < -0.3 is 4.74 Å².